The number of carboxylic acids is 2. The first-order valence-corrected chi connectivity index (χ1v) is 8.51. The maximum absolute atomic E-state index is 11.7. The molecule has 28 heavy (non-hydrogen) atoms. The average molecular weight is 400 g/mol. The molecule has 0 aromatic heterocycles. The minimum Gasteiger partial charge on any atom is -0.480 e. The molecule has 0 fully saturated rings. The second kappa shape index (κ2) is 10.4. The molecule has 0 rings (SSSR count). The second-order valence-electron chi connectivity index (χ2n) is 7.84. The number of alkyl carbamates (subject to hydrolysis) is 2. The lowest BCUT2D eigenvalue weighted by Gasteiger charge is -2.21. The van der Waals surface area contributed by atoms with Crippen molar-refractivity contribution in [3.05, 3.63) is 0 Å². The molecule has 4 N–H and O–H groups in total. The molecule has 0 bridgehead atoms. The van der Waals surface area contributed by atoms with Gasteiger partial charge in [0.25, 0.3) is 0 Å². The number of aliphatic carboxylic acids is 2. The van der Waals surface area contributed by atoms with Gasteiger partial charge in [-0.1, -0.05) is 0 Å². The summed E-state index contributed by atoms with van der Waals surface area (Å²) in [7, 11) is 0. The maximum Gasteiger partial charge on any atom is 0.408 e. The summed E-state index contributed by atoms with van der Waals surface area (Å²) in [4.78, 5) is 45.7. The molecule has 10 nitrogen and oxygen atoms in total. The summed E-state index contributed by atoms with van der Waals surface area (Å²) in [6, 6.07) is -2.66. The van der Waals surface area contributed by atoms with E-state index in [0.29, 0.717) is 0 Å². The van der Waals surface area contributed by atoms with Gasteiger partial charge in [-0.05, 0) is 41.5 Å². The number of carbonyl (C=O) groups excluding carboxylic acids is 2. The third-order valence-electron chi connectivity index (χ3n) is 2.72. The summed E-state index contributed by atoms with van der Waals surface area (Å²) in [6.45, 7) is 9.78. The van der Waals surface area contributed by atoms with Gasteiger partial charge in [0.05, 0.1) is 0 Å². The standard InChI is InChI=1S/C18H28N2O8/c1-17(2,3)27-15(25)19-11(13(21)22)9-7-8-10-12(14(23)24)20-16(26)28-18(4,5)6/h11-12H,9-10H2,1-6H3,(H,19,25)(H,20,26)(H,21,22)(H,23,24)/t11-,12-/m0/s1. The zero-order valence-electron chi connectivity index (χ0n) is 16.9. The molecule has 10 heteroatoms. The zero-order chi connectivity index (χ0) is 22.1. The fraction of sp³-hybridized carbons (Fsp3) is 0.667. The third kappa shape index (κ3) is 12.4. The summed E-state index contributed by atoms with van der Waals surface area (Å²) < 4.78 is 9.95. The van der Waals surface area contributed by atoms with Gasteiger partial charge in [0.15, 0.2) is 0 Å². The molecule has 2 amide bonds. The van der Waals surface area contributed by atoms with Crippen LogP contribution in [0.3, 0.4) is 0 Å². The van der Waals surface area contributed by atoms with Crippen LogP contribution in [0.4, 0.5) is 9.59 Å². The van der Waals surface area contributed by atoms with Crippen LogP contribution in [-0.4, -0.2) is 57.6 Å². The number of carboxylic acid groups (broad SMARTS) is 2. The molecule has 0 saturated carbocycles. The van der Waals surface area contributed by atoms with Crippen LogP contribution >= 0.6 is 0 Å². The Kier molecular flexibility index (Phi) is 9.29. The van der Waals surface area contributed by atoms with E-state index in [1.807, 2.05) is 0 Å². The lowest BCUT2D eigenvalue weighted by Crippen LogP contribution is -2.43. The summed E-state index contributed by atoms with van der Waals surface area (Å²) >= 11 is 0. The van der Waals surface area contributed by atoms with Gasteiger partial charge in [0.1, 0.15) is 23.3 Å². The van der Waals surface area contributed by atoms with E-state index < -0.39 is 47.4 Å². The number of amides is 2. The first-order chi connectivity index (χ1) is 12.6. The minimum atomic E-state index is -1.33. The number of hydrogen-bond acceptors (Lipinski definition) is 6. The zero-order valence-corrected chi connectivity index (χ0v) is 16.9. The Morgan fingerprint density at radius 1 is 0.750 bits per heavy atom. The fourth-order valence-electron chi connectivity index (χ4n) is 1.65. The Morgan fingerprint density at radius 2 is 1.04 bits per heavy atom. The van der Waals surface area contributed by atoms with Gasteiger partial charge >= 0.3 is 24.1 Å². The predicted octanol–water partition coefficient (Wildman–Crippen LogP) is 1.73. The van der Waals surface area contributed by atoms with Crippen molar-refractivity contribution >= 4 is 24.1 Å². The van der Waals surface area contributed by atoms with Crippen LogP contribution in [0.5, 0.6) is 0 Å². The van der Waals surface area contributed by atoms with Gasteiger partial charge < -0.3 is 30.3 Å². The van der Waals surface area contributed by atoms with Crippen molar-refractivity contribution in [3.8, 4) is 11.8 Å². The van der Waals surface area contributed by atoms with Crippen molar-refractivity contribution < 1.29 is 38.9 Å². The Bertz CT molecular complexity index is 595. The molecule has 0 aromatic rings. The molecule has 0 heterocycles. The van der Waals surface area contributed by atoms with E-state index in [1.54, 1.807) is 41.5 Å². The minimum absolute atomic E-state index is 0.270. The maximum atomic E-state index is 11.7. The largest absolute Gasteiger partial charge is 0.480 e. The molecule has 0 aliphatic rings. The highest BCUT2D eigenvalue weighted by Crippen LogP contribution is 2.08. The monoisotopic (exact) mass is 400 g/mol. The number of hydrogen-bond donors (Lipinski definition) is 4. The van der Waals surface area contributed by atoms with Crippen LogP contribution in [0.2, 0.25) is 0 Å². The topological polar surface area (TPSA) is 151 Å². The highest BCUT2D eigenvalue weighted by atomic mass is 16.6. The van der Waals surface area contributed by atoms with E-state index in [2.05, 4.69) is 22.5 Å². The van der Waals surface area contributed by atoms with Crippen LogP contribution in [0, 0.1) is 11.8 Å². The van der Waals surface area contributed by atoms with E-state index in [4.69, 9.17) is 19.7 Å². The van der Waals surface area contributed by atoms with Gasteiger partial charge in [-0.2, -0.15) is 0 Å². The first-order valence-electron chi connectivity index (χ1n) is 8.51. The summed E-state index contributed by atoms with van der Waals surface area (Å²) in [6.07, 6.45) is -2.35. The Balaban J connectivity index is 4.79. The van der Waals surface area contributed by atoms with Crippen LogP contribution in [-0.2, 0) is 19.1 Å². The number of nitrogens with one attached hydrogen (secondary N) is 2. The van der Waals surface area contributed by atoms with Gasteiger partial charge in [-0.15, -0.1) is 11.8 Å². The molecular formula is C18H28N2O8. The van der Waals surface area contributed by atoms with Crippen molar-refractivity contribution in [1.82, 2.24) is 10.6 Å². The van der Waals surface area contributed by atoms with Gasteiger partial charge in [-0.3, -0.25) is 0 Å². The number of ether oxygens (including phenoxy) is 2. The normalized spacial score (nSPS) is 13.2. The molecule has 0 aromatic carbocycles. The van der Waals surface area contributed by atoms with E-state index >= 15 is 0 Å². The molecule has 0 saturated heterocycles. The SMILES string of the molecule is CC(C)(C)OC(=O)N[C@@H](CC#CC[C@H](NC(=O)OC(C)(C)C)C(=O)O)C(=O)O. The highest BCUT2D eigenvalue weighted by molar-refractivity contribution is 5.81. The Hall–Kier alpha value is -2.96. The first kappa shape index (κ1) is 25.0. The van der Waals surface area contributed by atoms with Crippen LogP contribution < -0.4 is 10.6 Å². The molecule has 0 unspecified atom stereocenters. The number of rotatable bonds is 6. The van der Waals surface area contributed by atoms with E-state index in [0.717, 1.165) is 0 Å². The molecular weight excluding hydrogens is 372 g/mol. The summed E-state index contributed by atoms with van der Waals surface area (Å²) in [5, 5.41) is 22.6. The summed E-state index contributed by atoms with van der Waals surface area (Å²) in [5.74, 6) is 2.34. The second-order valence-corrected chi connectivity index (χ2v) is 7.84. The van der Waals surface area contributed by atoms with Crippen molar-refractivity contribution in [1.29, 1.82) is 0 Å². The Morgan fingerprint density at radius 3 is 1.25 bits per heavy atom. The van der Waals surface area contributed by atoms with Crippen LogP contribution in [0.25, 0.3) is 0 Å². The molecule has 0 aliphatic carbocycles. The van der Waals surface area contributed by atoms with Gasteiger partial charge in [-0.25, -0.2) is 19.2 Å². The third-order valence-corrected chi connectivity index (χ3v) is 2.72. The quantitative estimate of drug-likeness (QED) is 0.492. The van der Waals surface area contributed by atoms with Crippen molar-refractivity contribution in [2.75, 3.05) is 0 Å². The van der Waals surface area contributed by atoms with Crippen molar-refractivity contribution in [3.63, 3.8) is 0 Å². The molecule has 2 atom stereocenters. The predicted molar refractivity (Wildman–Crippen MR) is 98.6 cm³/mol. The van der Waals surface area contributed by atoms with E-state index in [1.165, 1.54) is 0 Å². The Labute approximate surface area is 164 Å². The number of carbonyl (C=O) groups is 4. The average Bonchev–Trinajstić information content (AvgIpc) is 2.44. The van der Waals surface area contributed by atoms with E-state index in [9.17, 15) is 19.2 Å². The molecule has 158 valence electrons. The van der Waals surface area contributed by atoms with Crippen LogP contribution in [0.15, 0.2) is 0 Å². The highest BCUT2D eigenvalue weighted by Gasteiger charge is 2.24. The summed E-state index contributed by atoms with van der Waals surface area (Å²) in [5.41, 5.74) is -1.58. The lowest BCUT2D eigenvalue weighted by molar-refractivity contribution is -0.140. The van der Waals surface area contributed by atoms with Gasteiger partial charge in [0.2, 0.25) is 0 Å². The van der Waals surface area contributed by atoms with E-state index in [-0.39, 0.29) is 12.8 Å². The molecule has 0 aliphatic heterocycles. The molecule has 0 radical (unpaired) electrons. The molecule has 0 spiro atoms. The van der Waals surface area contributed by atoms with Crippen LogP contribution in [0.1, 0.15) is 54.4 Å². The fourth-order valence-corrected chi connectivity index (χ4v) is 1.65. The smallest absolute Gasteiger partial charge is 0.408 e. The van der Waals surface area contributed by atoms with Gasteiger partial charge in [0, 0.05) is 12.8 Å². The van der Waals surface area contributed by atoms with Crippen molar-refractivity contribution in [2.45, 2.75) is 77.7 Å². The lowest BCUT2D eigenvalue weighted by atomic mass is 10.1. The van der Waals surface area contributed by atoms with Crippen molar-refractivity contribution in [2.24, 2.45) is 0 Å².